The smallest absolute Gasteiger partial charge is 0.340 e. The number of hydrogen-bond donors (Lipinski definition) is 0. The molecule has 0 aliphatic heterocycles. The summed E-state index contributed by atoms with van der Waals surface area (Å²) in [4.78, 5) is 26.6. The third-order valence-electron chi connectivity index (χ3n) is 3.52. The molecule has 0 heterocycles. The number of amides is 1. The van der Waals surface area contributed by atoms with Gasteiger partial charge in [0.2, 0.25) is 0 Å². The van der Waals surface area contributed by atoms with Gasteiger partial charge in [0.05, 0.1) is 21.3 Å². The summed E-state index contributed by atoms with van der Waals surface area (Å²) >= 11 is 0. The average molecular weight is 345 g/mol. The lowest BCUT2D eigenvalue weighted by atomic mass is 10.2. The highest BCUT2D eigenvalue weighted by Gasteiger charge is 2.24. The number of carbonyl (C=O) groups is 2. The number of anilines is 1. The van der Waals surface area contributed by atoms with E-state index in [4.69, 9.17) is 4.74 Å². The van der Waals surface area contributed by atoms with Crippen molar-refractivity contribution in [3.63, 3.8) is 0 Å². The SMILES string of the molecule is C[C@@H](OC(=O)c1ccccc1[S@](C)=O)C(=O)N(C)c1ccccc1. The lowest BCUT2D eigenvalue weighted by Crippen LogP contribution is -2.37. The van der Waals surface area contributed by atoms with Crippen LogP contribution >= 0.6 is 0 Å². The summed E-state index contributed by atoms with van der Waals surface area (Å²) in [6, 6.07) is 15.6. The monoisotopic (exact) mass is 345 g/mol. The summed E-state index contributed by atoms with van der Waals surface area (Å²) in [5, 5.41) is 0. The zero-order valence-corrected chi connectivity index (χ0v) is 14.6. The zero-order valence-electron chi connectivity index (χ0n) is 13.8. The molecule has 0 fully saturated rings. The fourth-order valence-corrected chi connectivity index (χ4v) is 2.94. The van der Waals surface area contributed by atoms with Crippen LogP contribution in [0.25, 0.3) is 0 Å². The zero-order chi connectivity index (χ0) is 17.7. The van der Waals surface area contributed by atoms with Crippen molar-refractivity contribution in [2.75, 3.05) is 18.2 Å². The van der Waals surface area contributed by atoms with Gasteiger partial charge in [-0.1, -0.05) is 30.3 Å². The maximum Gasteiger partial charge on any atom is 0.340 e. The molecule has 0 radical (unpaired) electrons. The Morgan fingerprint density at radius 1 is 1.04 bits per heavy atom. The number of esters is 1. The number of ether oxygens (including phenoxy) is 1. The van der Waals surface area contributed by atoms with Crippen LogP contribution in [-0.2, 0) is 20.3 Å². The van der Waals surface area contributed by atoms with E-state index in [9.17, 15) is 13.8 Å². The molecule has 2 aromatic rings. The minimum Gasteiger partial charge on any atom is -0.449 e. The van der Waals surface area contributed by atoms with E-state index in [1.54, 1.807) is 37.4 Å². The average Bonchev–Trinajstić information content (AvgIpc) is 2.61. The first-order chi connectivity index (χ1) is 11.4. The Bertz CT molecular complexity index is 761. The van der Waals surface area contributed by atoms with E-state index in [0.717, 1.165) is 0 Å². The van der Waals surface area contributed by atoms with Crippen molar-refractivity contribution in [3.05, 3.63) is 60.2 Å². The quantitative estimate of drug-likeness (QED) is 0.782. The Hall–Kier alpha value is -2.47. The fourth-order valence-electron chi connectivity index (χ4n) is 2.21. The first kappa shape index (κ1) is 17.9. The number of benzene rings is 2. The molecule has 0 N–H and O–H groups in total. The lowest BCUT2D eigenvalue weighted by molar-refractivity contribution is -0.126. The number of rotatable bonds is 5. The molecule has 0 aliphatic carbocycles. The number of carbonyl (C=O) groups excluding carboxylic acids is 2. The van der Waals surface area contributed by atoms with Gasteiger partial charge in [-0.2, -0.15) is 0 Å². The van der Waals surface area contributed by atoms with Crippen molar-refractivity contribution in [3.8, 4) is 0 Å². The fraction of sp³-hybridized carbons (Fsp3) is 0.222. The van der Waals surface area contributed by atoms with Gasteiger partial charge in [-0.05, 0) is 31.2 Å². The summed E-state index contributed by atoms with van der Waals surface area (Å²) in [6.45, 7) is 1.52. The highest BCUT2D eigenvalue weighted by Crippen LogP contribution is 2.17. The molecule has 5 nitrogen and oxygen atoms in total. The van der Waals surface area contributed by atoms with Crippen LogP contribution in [0.2, 0.25) is 0 Å². The van der Waals surface area contributed by atoms with Crippen LogP contribution in [-0.4, -0.2) is 35.5 Å². The van der Waals surface area contributed by atoms with Gasteiger partial charge in [0, 0.05) is 19.0 Å². The predicted molar refractivity (Wildman–Crippen MR) is 93.5 cm³/mol. The van der Waals surface area contributed by atoms with Gasteiger partial charge in [-0.15, -0.1) is 0 Å². The Labute approximate surface area is 143 Å². The third-order valence-corrected chi connectivity index (χ3v) is 4.50. The molecule has 1 amide bonds. The topological polar surface area (TPSA) is 63.7 Å². The van der Waals surface area contributed by atoms with E-state index < -0.39 is 22.9 Å². The first-order valence-electron chi connectivity index (χ1n) is 7.38. The van der Waals surface area contributed by atoms with E-state index in [1.807, 2.05) is 18.2 Å². The molecule has 0 saturated heterocycles. The second-order valence-electron chi connectivity index (χ2n) is 5.23. The van der Waals surface area contributed by atoms with Crippen molar-refractivity contribution < 1.29 is 18.5 Å². The van der Waals surface area contributed by atoms with Crippen molar-refractivity contribution in [1.29, 1.82) is 0 Å². The van der Waals surface area contributed by atoms with E-state index >= 15 is 0 Å². The maximum atomic E-state index is 12.4. The molecule has 0 saturated carbocycles. The van der Waals surface area contributed by atoms with Gasteiger partial charge >= 0.3 is 5.97 Å². The molecule has 0 bridgehead atoms. The minimum atomic E-state index is -1.32. The molecule has 0 aliphatic rings. The largest absolute Gasteiger partial charge is 0.449 e. The number of likely N-dealkylation sites (N-methyl/N-ethyl adjacent to an activating group) is 1. The van der Waals surface area contributed by atoms with Crippen molar-refractivity contribution in [2.24, 2.45) is 0 Å². The van der Waals surface area contributed by atoms with Crippen LogP contribution in [0.4, 0.5) is 5.69 Å². The van der Waals surface area contributed by atoms with Crippen LogP contribution in [0.15, 0.2) is 59.5 Å². The van der Waals surface area contributed by atoms with Crippen LogP contribution in [0.1, 0.15) is 17.3 Å². The van der Waals surface area contributed by atoms with E-state index in [1.165, 1.54) is 24.1 Å². The van der Waals surface area contributed by atoms with Crippen molar-refractivity contribution in [1.82, 2.24) is 0 Å². The van der Waals surface area contributed by atoms with Crippen molar-refractivity contribution >= 4 is 28.4 Å². The van der Waals surface area contributed by atoms with Gasteiger partial charge in [-0.3, -0.25) is 9.00 Å². The second-order valence-corrected chi connectivity index (χ2v) is 6.58. The Kier molecular flexibility index (Phi) is 5.87. The van der Waals surface area contributed by atoms with Crippen molar-refractivity contribution in [2.45, 2.75) is 17.9 Å². The van der Waals surface area contributed by atoms with Gasteiger partial charge < -0.3 is 9.64 Å². The van der Waals surface area contributed by atoms with E-state index in [0.29, 0.717) is 10.6 Å². The number of para-hydroxylation sites is 1. The van der Waals surface area contributed by atoms with Gasteiger partial charge in [0.25, 0.3) is 5.91 Å². The minimum absolute atomic E-state index is 0.209. The summed E-state index contributed by atoms with van der Waals surface area (Å²) in [5.74, 6) is -1.01. The van der Waals surface area contributed by atoms with Gasteiger partial charge in [0.15, 0.2) is 6.10 Å². The van der Waals surface area contributed by atoms with Gasteiger partial charge in [0.1, 0.15) is 0 Å². The molecule has 6 heteroatoms. The molecule has 0 unspecified atom stereocenters. The maximum absolute atomic E-state index is 12.4. The molecule has 0 spiro atoms. The highest BCUT2D eigenvalue weighted by molar-refractivity contribution is 7.84. The molecule has 2 rings (SSSR count). The molecular formula is C18H19NO4S. The Morgan fingerprint density at radius 2 is 1.62 bits per heavy atom. The summed E-state index contributed by atoms with van der Waals surface area (Å²) < 4.78 is 17.0. The van der Waals surface area contributed by atoms with Crippen LogP contribution in [0, 0.1) is 0 Å². The van der Waals surface area contributed by atoms with Crippen LogP contribution < -0.4 is 4.90 Å². The molecule has 126 valence electrons. The number of hydrogen-bond acceptors (Lipinski definition) is 4. The Morgan fingerprint density at radius 3 is 2.25 bits per heavy atom. The third kappa shape index (κ3) is 4.08. The highest BCUT2D eigenvalue weighted by atomic mass is 32.2. The molecular weight excluding hydrogens is 326 g/mol. The van der Waals surface area contributed by atoms with E-state index in [-0.39, 0.29) is 11.5 Å². The number of nitrogens with zero attached hydrogens (tertiary/aromatic N) is 1. The summed E-state index contributed by atoms with van der Waals surface area (Å²) in [6.07, 6.45) is 0.533. The summed E-state index contributed by atoms with van der Waals surface area (Å²) in [7, 11) is 0.301. The second kappa shape index (κ2) is 7.88. The Balaban J connectivity index is 2.12. The summed E-state index contributed by atoms with van der Waals surface area (Å²) in [5.41, 5.74) is 0.917. The molecule has 24 heavy (non-hydrogen) atoms. The predicted octanol–water partition coefficient (Wildman–Crippen LogP) is 2.63. The van der Waals surface area contributed by atoms with Gasteiger partial charge in [-0.25, -0.2) is 4.79 Å². The van der Waals surface area contributed by atoms with Crippen LogP contribution in [0.5, 0.6) is 0 Å². The normalized spacial score (nSPS) is 13.0. The lowest BCUT2D eigenvalue weighted by Gasteiger charge is -2.21. The first-order valence-corrected chi connectivity index (χ1v) is 8.93. The molecule has 2 atom stereocenters. The standard InChI is InChI=1S/C18H19NO4S/c1-13(17(20)19(2)14-9-5-4-6-10-14)23-18(21)15-11-7-8-12-16(15)24(3)22/h4-13H,1-3H3/t13-,24+/m1/s1. The van der Waals surface area contributed by atoms with E-state index in [2.05, 4.69) is 0 Å². The molecule has 2 aromatic carbocycles. The molecule has 0 aromatic heterocycles. The van der Waals surface area contributed by atoms with Crippen LogP contribution in [0.3, 0.4) is 0 Å².